The smallest absolute Gasteiger partial charge is 0.134 e. The molecule has 0 saturated carbocycles. The second kappa shape index (κ2) is 6.33. The van der Waals surface area contributed by atoms with Crippen LogP contribution in [0.4, 0.5) is 0 Å². The summed E-state index contributed by atoms with van der Waals surface area (Å²) >= 11 is 6.01. The Morgan fingerprint density at radius 3 is 2.71 bits per heavy atom. The molecule has 1 aromatic heterocycles. The Labute approximate surface area is 129 Å². The third kappa shape index (κ3) is 3.12. The normalized spacial score (nSPS) is 11.1. The van der Waals surface area contributed by atoms with E-state index in [2.05, 4.69) is 30.4 Å². The molecule has 0 atom stereocenters. The van der Waals surface area contributed by atoms with E-state index in [0.717, 1.165) is 35.9 Å². The van der Waals surface area contributed by atoms with E-state index in [4.69, 9.17) is 16.0 Å². The second-order valence-corrected chi connectivity index (χ2v) is 5.52. The summed E-state index contributed by atoms with van der Waals surface area (Å²) in [6.07, 6.45) is 0.906. The van der Waals surface area contributed by atoms with Crippen molar-refractivity contribution in [1.29, 1.82) is 0 Å². The minimum Gasteiger partial charge on any atom is -0.461 e. The summed E-state index contributed by atoms with van der Waals surface area (Å²) in [6.45, 7) is 3.72. The Bertz CT molecular complexity index is 748. The van der Waals surface area contributed by atoms with Crippen molar-refractivity contribution in [2.75, 3.05) is 0 Å². The summed E-state index contributed by atoms with van der Waals surface area (Å²) in [6, 6.07) is 16.1. The number of fused-ring (bicyclic) bond motifs is 1. The molecule has 3 heteroatoms. The van der Waals surface area contributed by atoms with Crippen LogP contribution in [-0.2, 0) is 19.5 Å². The number of benzene rings is 2. The predicted octanol–water partition coefficient (Wildman–Crippen LogP) is 4.94. The van der Waals surface area contributed by atoms with Gasteiger partial charge in [-0.3, -0.25) is 0 Å². The summed E-state index contributed by atoms with van der Waals surface area (Å²) in [5.74, 6) is 1.06. The second-order valence-electron chi connectivity index (χ2n) is 5.09. The lowest BCUT2D eigenvalue weighted by Crippen LogP contribution is -2.13. The Morgan fingerprint density at radius 1 is 1.05 bits per heavy atom. The Balaban J connectivity index is 1.75. The maximum absolute atomic E-state index is 6.01. The largest absolute Gasteiger partial charge is 0.461 e. The quantitative estimate of drug-likeness (QED) is 0.722. The average Bonchev–Trinajstić information content (AvgIpc) is 2.86. The first-order valence-electron chi connectivity index (χ1n) is 7.22. The summed E-state index contributed by atoms with van der Waals surface area (Å²) < 4.78 is 5.91. The Kier molecular flexibility index (Phi) is 4.28. The molecule has 0 saturated heterocycles. The standard InChI is InChI=1S/C18H18ClNO/c1-2-17-16(15-8-3-4-9-18(15)21-17)12-20-11-13-6-5-7-14(19)10-13/h3-10,20H,2,11-12H2,1H3. The fraction of sp³-hybridized carbons (Fsp3) is 0.222. The Hall–Kier alpha value is -1.77. The van der Waals surface area contributed by atoms with E-state index < -0.39 is 0 Å². The maximum atomic E-state index is 6.01. The van der Waals surface area contributed by atoms with Gasteiger partial charge in [0.2, 0.25) is 0 Å². The first-order valence-corrected chi connectivity index (χ1v) is 7.60. The van der Waals surface area contributed by atoms with Crippen LogP contribution in [0.3, 0.4) is 0 Å². The minimum atomic E-state index is 0.775. The number of hydrogen-bond acceptors (Lipinski definition) is 2. The van der Waals surface area contributed by atoms with Gasteiger partial charge in [0, 0.05) is 35.5 Å². The monoisotopic (exact) mass is 299 g/mol. The van der Waals surface area contributed by atoms with Gasteiger partial charge in [0.05, 0.1) is 0 Å². The summed E-state index contributed by atoms with van der Waals surface area (Å²) in [5.41, 5.74) is 3.41. The number of furan rings is 1. The molecule has 2 aromatic carbocycles. The SMILES string of the molecule is CCc1oc2ccccc2c1CNCc1cccc(Cl)c1. The highest BCUT2D eigenvalue weighted by Crippen LogP contribution is 2.26. The number of para-hydroxylation sites is 1. The van der Waals surface area contributed by atoms with Gasteiger partial charge >= 0.3 is 0 Å². The molecule has 3 aromatic rings. The zero-order valence-corrected chi connectivity index (χ0v) is 12.8. The van der Waals surface area contributed by atoms with Crippen LogP contribution in [0.25, 0.3) is 11.0 Å². The van der Waals surface area contributed by atoms with Gasteiger partial charge in [-0.25, -0.2) is 0 Å². The highest BCUT2D eigenvalue weighted by atomic mass is 35.5. The van der Waals surface area contributed by atoms with Crippen molar-refractivity contribution in [2.45, 2.75) is 26.4 Å². The molecule has 3 rings (SSSR count). The van der Waals surface area contributed by atoms with Gasteiger partial charge in [0.15, 0.2) is 0 Å². The molecule has 0 radical (unpaired) electrons. The summed E-state index contributed by atoms with van der Waals surface area (Å²) in [4.78, 5) is 0. The van der Waals surface area contributed by atoms with Gasteiger partial charge in [-0.2, -0.15) is 0 Å². The van der Waals surface area contributed by atoms with Gasteiger partial charge in [0.1, 0.15) is 11.3 Å². The van der Waals surface area contributed by atoms with Crippen molar-refractivity contribution < 1.29 is 4.42 Å². The predicted molar refractivity (Wildman–Crippen MR) is 87.6 cm³/mol. The topological polar surface area (TPSA) is 25.2 Å². The van der Waals surface area contributed by atoms with Crippen LogP contribution in [0.5, 0.6) is 0 Å². The number of nitrogens with one attached hydrogen (secondary N) is 1. The van der Waals surface area contributed by atoms with E-state index in [9.17, 15) is 0 Å². The van der Waals surface area contributed by atoms with E-state index in [-0.39, 0.29) is 0 Å². The van der Waals surface area contributed by atoms with Crippen molar-refractivity contribution in [3.63, 3.8) is 0 Å². The molecule has 21 heavy (non-hydrogen) atoms. The van der Waals surface area contributed by atoms with Crippen LogP contribution in [0.15, 0.2) is 52.9 Å². The first kappa shape index (κ1) is 14.2. The lowest BCUT2D eigenvalue weighted by atomic mass is 10.1. The molecule has 0 aliphatic carbocycles. The van der Waals surface area contributed by atoms with Crippen molar-refractivity contribution in [3.05, 3.63) is 70.4 Å². The molecule has 0 unspecified atom stereocenters. The summed E-state index contributed by atoms with van der Waals surface area (Å²) in [7, 11) is 0. The zero-order valence-electron chi connectivity index (χ0n) is 12.0. The molecule has 0 aliphatic rings. The third-order valence-electron chi connectivity index (χ3n) is 3.62. The molecular formula is C18H18ClNO. The van der Waals surface area contributed by atoms with Crippen LogP contribution in [-0.4, -0.2) is 0 Å². The fourth-order valence-electron chi connectivity index (χ4n) is 2.61. The van der Waals surface area contributed by atoms with Gasteiger partial charge in [0.25, 0.3) is 0 Å². The lowest BCUT2D eigenvalue weighted by Gasteiger charge is -2.06. The van der Waals surface area contributed by atoms with Crippen molar-refractivity contribution >= 4 is 22.6 Å². The van der Waals surface area contributed by atoms with E-state index in [0.29, 0.717) is 0 Å². The first-order chi connectivity index (χ1) is 10.3. The highest BCUT2D eigenvalue weighted by Gasteiger charge is 2.11. The van der Waals surface area contributed by atoms with E-state index in [1.165, 1.54) is 16.5 Å². The average molecular weight is 300 g/mol. The maximum Gasteiger partial charge on any atom is 0.134 e. The Morgan fingerprint density at radius 2 is 1.90 bits per heavy atom. The zero-order chi connectivity index (χ0) is 14.7. The number of hydrogen-bond donors (Lipinski definition) is 1. The molecular weight excluding hydrogens is 282 g/mol. The molecule has 2 nitrogen and oxygen atoms in total. The van der Waals surface area contributed by atoms with Crippen LogP contribution in [0.2, 0.25) is 5.02 Å². The summed E-state index contributed by atoms with van der Waals surface area (Å²) in [5, 5.41) is 5.46. The van der Waals surface area contributed by atoms with Crippen LogP contribution >= 0.6 is 11.6 Å². The minimum absolute atomic E-state index is 0.775. The molecule has 0 fully saturated rings. The van der Waals surface area contributed by atoms with Gasteiger partial charge in [-0.1, -0.05) is 48.9 Å². The lowest BCUT2D eigenvalue weighted by molar-refractivity contribution is 0.544. The number of halogens is 1. The molecule has 0 amide bonds. The molecule has 0 spiro atoms. The number of rotatable bonds is 5. The molecule has 0 bridgehead atoms. The molecule has 1 heterocycles. The van der Waals surface area contributed by atoms with Crippen molar-refractivity contribution in [1.82, 2.24) is 5.32 Å². The third-order valence-corrected chi connectivity index (χ3v) is 3.86. The van der Waals surface area contributed by atoms with Crippen LogP contribution in [0.1, 0.15) is 23.8 Å². The van der Waals surface area contributed by atoms with E-state index >= 15 is 0 Å². The van der Waals surface area contributed by atoms with E-state index in [1.54, 1.807) is 0 Å². The van der Waals surface area contributed by atoms with Crippen molar-refractivity contribution in [3.8, 4) is 0 Å². The van der Waals surface area contributed by atoms with Gasteiger partial charge in [-0.15, -0.1) is 0 Å². The fourth-order valence-corrected chi connectivity index (χ4v) is 2.82. The molecule has 1 N–H and O–H groups in total. The van der Waals surface area contributed by atoms with Gasteiger partial charge in [-0.05, 0) is 23.8 Å². The van der Waals surface area contributed by atoms with Crippen molar-refractivity contribution in [2.24, 2.45) is 0 Å². The van der Waals surface area contributed by atoms with Gasteiger partial charge < -0.3 is 9.73 Å². The molecule has 0 aliphatic heterocycles. The van der Waals surface area contributed by atoms with E-state index in [1.807, 2.05) is 30.3 Å². The van der Waals surface area contributed by atoms with Crippen LogP contribution in [0, 0.1) is 0 Å². The molecule has 108 valence electrons. The highest BCUT2D eigenvalue weighted by molar-refractivity contribution is 6.30. The number of aryl methyl sites for hydroxylation is 1. The van der Waals surface area contributed by atoms with Crippen LogP contribution < -0.4 is 5.32 Å².